The molecule has 3 rings (SSSR count). The molecule has 1 heteroatoms. The Morgan fingerprint density at radius 3 is 2.25 bits per heavy atom. The number of fused-ring (bicyclic) bond motifs is 1. The van der Waals surface area contributed by atoms with Crippen molar-refractivity contribution in [3.05, 3.63) is 0 Å². The van der Waals surface area contributed by atoms with Gasteiger partial charge in [-0.05, 0) is 87.9 Å². The molecule has 0 saturated heterocycles. The summed E-state index contributed by atoms with van der Waals surface area (Å²) in [7, 11) is 0. The highest BCUT2D eigenvalue weighted by Crippen LogP contribution is 2.52. The molecule has 0 amide bonds. The molecule has 24 heavy (non-hydrogen) atoms. The Morgan fingerprint density at radius 2 is 1.54 bits per heavy atom. The second-order valence-corrected chi connectivity index (χ2v) is 9.79. The molecule has 1 nitrogen and oxygen atoms in total. The SMILES string of the molecule is CCCCCC1CCC([C@H]2CC[C@H]3C[C@@](C)(C#N)CC[C@H]3C2)CC1. The third-order valence-corrected chi connectivity index (χ3v) is 8.00. The summed E-state index contributed by atoms with van der Waals surface area (Å²) < 4.78 is 0. The van der Waals surface area contributed by atoms with Gasteiger partial charge in [0.2, 0.25) is 0 Å². The zero-order valence-corrected chi connectivity index (χ0v) is 16.2. The van der Waals surface area contributed by atoms with Gasteiger partial charge in [0, 0.05) is 0 Å². The third-order valence-electron chi connectivity index (χ3n) is 8.00. The van der Waals surface area contributed by atoms with E-state index in [0.717, 1.165) is 36.0 Å². The molecule has 4 atom stereocenters. The maximum Gasteiger partial charge on any atom is 0.0686 e. The van der Waals surface area contributed by atoms with Crippen LogP contribution in [-0.2, 0) is 0 Å². The largest absolute Gasteiger partial charge is 0.198 e. The third kappa shape index (κ3) is 4.36. The predicted molar refractivity (Wildman–Crippen MR) is 101 cm³/mol. The van der Waals surface area contributed by atoms with Gasteiger partial charge in [-0.25, -0.2) is 0 Å². The highest BCUT2D eigenvalue weighted by atomic mass is 14.5. The van der Waals surface area contributed by atoms with Crippen molar-refractivity contribution < 1.29 is 0 Å². The zero-order valence-electron chi connectivity index (χ0n) is 16.2. The first-order valence-electron chi connectivity index (χ1n) is 11.0. The van der Waals surface area contributed by atoms with Crippen LogP contribution in [0, 0.1) is 46.3 Å². The van der Waals surface area contributed by atoms with E-state index in [4.69, 9.17) is 0 Å². The van der Waals surface area contributed by atoms with E-state index in [1.54, 1.807) is 0 Å². The van der Waals surface area contributed by atoms with Crippen molar-refractivity contribution in [2.24, 2.45) is 35.0 Å². The Kier molecular flexibility index (Phi) is 6.28. The average Bonchev–Trinajstić information content (AvgIpc) is 2.62. The van der Waals surface area contributed by atoms with Crippen LogP contribution in [0.1, 0.15) is 104 Å². The van der Waals surface area contributed by atoms with Gasteiger partial charge in [0.25, 0.3) is 0 Å². The van der Waals surface area contributed by atoms with E-state index >= 15 is 0 Å². The van der Waals surface area contributed by atoms with Gasteiger partial charge in [0.1, 0.15) is 0 Å². The summed E-state index contributed by atoms with van der Waals surface area (Å²) in [6, 6.07) is 2.61. The molecule has 0 aliphatic heterocycles. The minimum atomic E-state index is -0.00937. The standard InChI is InChI=1S/C23H39N/c1-3-4-5-6-18-7-9-19(10-8-18)20-11-12-22-16-23(2,17-24)14-13-21(22)15-20/h18-22H,3-16H2,1-2H3/t18?,19?,20-,21-,22-,23-/m0/s1. The van der Waals surface area contributed by atoms with Gasteiger partial charge < -0.3 is 0 Å². The summed E-state index contributed by atoms with van der Waals surface area (Å²) in [4.78, 5) is 0. The molecule has 3 aliphatic carbocycles. The minimum Gasteiger partial charge on any atom is -0.198 e. The van der Waals surface area contributed by atoms with Crippen molar-refractivity contribution >= 4 is 0 Å². The van der Waals surface area contributed by atoms with Crippen molar-refractivity contribution in [1.82, 2.24) is 0 Å². The van der Waals surface area contributed by atoms with Crippen molar-refractivity contribution in [2.75, 3.05) is 0 Å². The Hall–Kier alpha value is -0.510. The average molecular weight is 330 g/mol. The summed E-state index contributed by atoms with van der Waals surface area (Å²) >= 11 is 0. The molecular weight excluding hydrogens is 290 g/mol. The molecule has 0 aromatic rings. The van der Waals surface area contributed by atoms with Gasteiger partial charge in [-0.3, -0.25) is 0 Å². The lowest BCUT2D eigenvalue weighted by molar-refractivity contribution is 0.0467. The molecule has 0 aromatic carbocycles. The lowest BCUT2D eigenvalue weighted by atomic mass is 9.58. The zero-order chi connectivity index (χ0) is 17.0. The van der Waals surface area contributed by atoms with E-state index < -0.39 is 0 Å². The van der Waals surface area contributed by atoms with Gasteiger partial charge in [0.05, 0.1) is 11.5 Å². The lowest BCUT2D eigenvalue weighted by Gasteiger charge is -2.46. The molecule has 3 aliphatic rings. The maximum absolute atomic E-state index is 9.45. The second-order valence-electron chi connectivity index (χ2n) is 9.79. The number of rotatable bonds is 5. The highest BCUT2D eigenvalue weighted by Gasteiger charge is 2.42. The molecule has 136 valence electrons. The predicted octanol–water partition coefficient (Wildman–Crippen LogP) is 7.12. The van der Waals surface area contributed by atoms with Gasteiger partial charge in [-0.2, -0.15) is 5.26 Å². The van der Waals surface area contributed by atoms with Crippen molar-refractivity contribution in [3.8, 4) is 6.07 Å². The van der Waals surface area contributed by atoms with Crippen LogP contribution in [0.5, 0.6) is 0 Å². The molecule has 0 heterocycles. The van der Waals surface area contributed by atoms with Gasteiger partial charge in [-0.15, -0.1) is 0 Å². The minimum absolute atomic E-state index is 0.00937. The number of hydrogen-bond donors (Lipinski definition) is 0. The fraction of sp³-hybridized carbons (Fsp3) is 0.957. The smallest absolute Gasteiger partial charge is 0.0686 e. The fourth-order valence-corrected chi connectivity index (χ4v) is 6.33. The Labute approximate surface area is 150 Å². The van der Waals surface area contributed by atoms with Crippen LogP contribution in [0.4, 0.5) is 0 Å². The van der Waals surface area contributed by atoms with Crippen molar-refractivity contribution in [2.45, 2.75) is 104 Å². The first-order valence-corrected chi connectivity index (χ1v) is 11.0. The van der Waals surface area contributed by atoms with E-state index in [1.165, 1.54) is 83.5 Å². The number of nitriles is 1. The van der Waals surface area contributed by atoms with Crippen LogP contribution in [0.3, 0.4) is 0 Å². The van der Waals surface area contributed by atoms with E-state index in [9.17, 15) is 5.26 Å². The number of nitrogens with zero attached hydrogens (tertiary/aromatic N) is 1. The summed E-state index contributed by atoms with van der Waals surface area (Å²) in [6.45, 7) is 4.52. The summed E-state index contributed by atoms with van der Waals surface area (Å²) in [6.07, 6.45) is 19.9. The van der Waals surface area contributed by atoms with Gasteiger partial charge in [-0.1, -0.05) is 45.4 Å². The van der Waals surface area contributed by atoms with Gasteiger partial charge in [0.15, 0.2) is 0 Å². The lowest BCUT2D eigenvalue weighted by Crippen LogP contribution is -2.37. The van der Waals surface area contributed by atoms with Crippen LogP contribution in [-0.4, -0.2) is 0 Å². The number of hydrogen-bond acceptors (Lipinski definition) is 1. The summed E-state index contributed by atoms with van der Waals surface area (Å²) in [5.74, 6) is 4.93. The van der Waals surface area contributed by atoms with Crippen LogP contribution in [0.2, 0.25) is 0 Å². The summed E-state index contributed by atoms with van der Waals surface area (Å²) in [5.41, 5.74) is -0.00937. The molecule has 0 spiro atoms. The molecule has 3 fully saturated rings. The molecule has 0 unspecified atom stereocenters. The topological polar surface area (TPSA) is 23.8 Å². The normalized spacial score (nSPS) is 43.0. The van der Waals surface area contributed by atoms with Crippen molar-refractivity contribution in [1.29, 1.82) is 5.26 Å². The maximum atomic E-state index is 9.45. The van der Waals surface area contributed by atoms with Crippen LogP contribution in [0.25, 0.3) is 0 Å². The molecule has 0 bridgehead atoms. The fourth-order valence-electron chi connectivity index (χ4n) is 6.33. The van der Waals surface area contributed by atoms with Crippen LogP contribution < -0.4 is 0 Å². The van der Waals surface area contributed by atoms with Gasteiger partial charge >= 0.3 is 0 Å². The molecular formula is C23H39N. The Bertz CT molecular complexity index is 428. The molecule has 0 radical (unpaired) electrons. The monoisotopic (exact) mass is 329 g/mol. The van der Waals surface area contributed by atoms with E-state index in [2.05, 4.69) is 19.9 Å². The van der Waals surface area contributed by atoms with E-state index in [0.29, 0.717) is 0 Å². The molecule has 0 aromatic heterocycles. The van der Waals surface area contributed by atoms with Crippen molar-refractivity contribution in [3.63, 3.8) is 0 Å². The first kappa shape index (κ1) is 18.3. The van der Waals surface area contributed by atoms with E-state index in [-0.39, 0.29) is 5.41 Å². The number of unbranched alkanes of at least 4 members (excludes halogenated alkanes) is 2. The Balaban J connectivity index is 1.43. The van der Waals surface area contributed by atoms with Crippen LogP contribution >= 0.6 is 0 Å². The van der Waals surface area contributed by atoms with Crippen LogP contribution in [0.15, 0.2) is 0 Å². The van der Waals surface area contributed by atoms with E-state index in [1.807, 2.05) is 0 Å². The highest BCUT2D eigenvalue weighted by molar-refractivity contribution is 5.02. The first-order chi connectivity index (χ1) is 11.6. The quantitative estimate of drug-likeness (QED) is 0.492. The second kappa shape index (κ2) is 8.25. The molecule has 0 N–H and O–H groups in total. The summed E-state index contributed by atoms with van der Waals surface area (Å²) in [5, 5.41) is 9.45. The Morgan fingerprint density at radius 1 is 0.875 bits per heavy atom. The molecule has 3 saturated carbocycles.